The summed E-state index contributed by atoms with van der Waals surface area (Å²) in [6.07, 6.45) is 1.68. The third-order valence-electron chi connectivity index (χ3n) is 4.01. The van der Waals surface area contributed by atoms with Gasteiger partial charge in [-0.2, -0.15) is 0 Å². The largest absolute Gasteiger partial charge is 0.333 e. The summed E-state index contributed by atoms with van der Waals surface area (Å²) in [6, 6.07) is 12.1. The molecule has 3 rings (SSSR count). The summed E-state index contributed by atoms with van der Waals surface area (Å²) in [7, 11) is 0. The van der Waals surface area contributed by atoms with Crippen molar-refractivity contribution in [2.24, 2.45) is 0 Å². The molecule has 134 valence electrons. The molecule has 0 spiro atoms. The van der Waals surface area contributed by atoms with Gasteiger partial charge in [-0.05, 0) is 62.2 Å². The summed E-state index contributed by atoms with van der Waals surface area (Å²) in [5, 5.41) is 3.29. The number of rotatable bonds is 5. The van der Waals surface area contributed by atoms with Gasteiger partial charge in [0, 0.05) is 5.69 Å². The number of nitrogens with one attached hydrogen (secondary N) is 2. The second-order valence-corrected chi connectivity index (χ2v) is 7.51. The molecule has 1 amide bonds. The molecule has 1 heterocycles. The van der Waals surface area contributed by atoms with Gasteiger partial charge in [0.1, 0.15) is 5.82 Å². The minimum Gasteiger partial charge on any atom is -0.333 e. The van der Waals surface area contributed by atoms with Gasteiger partial charge >= 0.3 is 0 Å². The lowest BCUT2D eigenvalue weighted by molar-refractivity contribution is -0.115. The Morgan fingerprint density at radius 1 is 1.19 bits per heavy atom. The number of H-pyrrole nitrogens is 1. The molecule has 2 aromatic carbocycles. The van der Waals surface area contributed by atoms with E-state index in [2.05, 4.69) is 15.3 Å². The number of benzene rings is 2. The number of halogens is 1. The minimum absolute atomic E-state index is 0.0818. The highest BCUT2D eigenvalue weighted by atomic mass is 32.2. The van der Waals surface area contributed by atoms with Crippen LogP contribution in [0.2, 0.25) is 0 Å². The zero-order valence-corrected chi connectivity index (χ0v) is 15.7. The summed E-state index contributed by atoms with van der Waals surface area (Å²) in [5.41, 5.74) is 4.64. The van der Waals surface area contributed by atoms with E-state index in [0.29, 0.717) is 5.16 Å². The number of aryl methyl sites for hydroxylation is 2. The maximum absolute atomic E-state index is 13.0. The van der Waals surface area contributed by atoms with Gasteiger partial charge < -0.3 is 10.3 Å². The number of thioether (sulfide) groups is 1. The van der Waals surface area contributed by atoms with E-state index < -0.39 is 0 Å². The van der Waals surface area contributed by atoms with Crippen molar-refractivity contribution in [1.82, 2.24) is 9.97 Å². The molecule has 1 atom stereocenters. The Morgan fingerprint density at radius 3 is 2.62 bits per heavy atom. The zero-order chi connectivity index (χ0) is 18.7. The van der Waals surface area contributed by atoms with Crippen molar-refractivity contribution in [1.29, 1.82) is 0 Å². The molecule has 26 heavy (non-hydrogen) atoms. The first kappa shape index (κ1) is 18.2. The van der Waals surface area contributed by atoms with Crippen LogP contribution in [0, 0.1) is 19.7 Å². The van der Waals surface area contributed by atoms with Crippen LogP contribution in [0.3, 0.4) is 0 Å². The SMILES string of the molecule is Cc1ccc(NC(=O)C(C)Sc2ncc(-c3ccc(F)cc3)[nH]2)c(C)c1. The lowest BCUT2D eigenvalue weighted by atomic mass is 10.1. The highest BCUT2D eigenvalue weighted by Crippen LogP contribution is 2.26. The summed E-state index contributed by atoms with van der Waals surface area (Å²) in [6.45, 7) is 5.83. The molecule has 1 unspecified atom stereocenters. The first-order valence-corrected chi connectivity index (χ1v) is 9.16. The molecule has 0 fully saturated rings. The van der Waals surface area contributed by atoms with Gasteiger partial charge in [-0.3, -0.25) is 4.79 Å². The average Bonchev–Trinajstić information content (AvgIpc) is 3.06. The van der Waals surface area contributed by atoms with Gasteiger partial charge in [0.05, 0.1) is 17.1 Å². The van der Waals surface area contributed by atoms with Crippen LogP contribution in [0.4, 0.5) is 10.1 Å². The van der Waals surface area contributed by atoms with E-state index in [9.17, 15) is 9.18 Å². The lowest BCUT2D eigenvalue weighted by Gasteiger charge is -2.13. The van der Waals surface area contributed by atoms with Gasteiger partial charge in [0.2, 0.25) is 5.91 Å². The van der Waals surface area contributed by atoms with E-state index in [1.807, 2.05) is 39.0 Å². The number of aromatic amines is 1. The molecule has 6 heteroatoms. The van der Waals surface area contributed by atoms with Crippen molar-refractivity contribution in [2.75, 3.05) is 5.32 Å². The summed E-state index contributed by atoms with van der Waals surface area (Å²) < 4.78 is 13.0. The quantitative estimate of drug-likeness (QED) is 0.626. The van der Waals surface area contributed by atoms with Gasteiger partial charge in [-0.15, -0.1) is 0 Å². The number of aromatic nitrogens is 2. The molecular weight excluding hydrogens is 349 g/mol. The Labute approximate surface area is 156 Å². The minimum atomic E-state index is -0.317. The molecule has 0 aliphatic rings. The molecule has 1 aromatic heterocycles. The van der Waals surface area contributed by atoms with E-state index in [1.165, 1.54) is 23.9 Å². The Bertz CT molecular complexity index is 921. The van der Waals surface area contributed by atoms with Crippen LogP contribution in [0.1, 0.15) is 18.1 Å². The number of anilines is 1. The molecule has 0 saturated carbocycles. The second kappa shape index (κ2) is 7.74. The van der Waals surface area contributed by atoms with E-state index >= 15 is 0 Å². The van der Waals surface area contributed by atoms with Gasteiger partial charge in [0.25, 0.3) is 0 Å². The lowest BCUT2D eigenvalue weighted by Crippen LogP contribution is -2.23. The number of amides is 1. The Hall–Kier alpha value is -2.60. The Morgan fingerprint density at radius 2 is 1.92 bits per heavy atom. The first-order chi connectivity index (χ1) is 12.4. The molecule has 0 bridgehead atoms. The van der Waals surface area contributed by atoms with Crippen molar-refractivity contribution >= 4 is 23.4 Å². The normalized spacial score (nSPS) is 12.0. The highest BCUT2D eigenvalue weighted by molar-refractivity contribution is 8.00. The maximum atomic E-state index is 13.0. The van der Waals surface area contributed by atoms with Crippen LogP contribution >= 0.6 is 11.8 Å². The molecule has 0 saturated heterocycles. The third kappa shape index (κ3) is 4.32. The van der Waals surface area contributed by atoms with Crippen LogP contribution in [0.25, 0.3) is 11.3 Å². The molecule has 0 aliphatic carbocycles. The summed E-state index contributed by atoms with van der Waals surface area (Å²) in [4.78, 5) is 19.9. The summed E-state index contributed by atoms with van der Waals surface area (Å²) in [5.74, 6) is -0.360. The fourth-order valence-corrected chi connectivity index (χ4v) is 3.33. The number of hydrogen-bond donors (Lipinski definition) is 2. The molecule has 2 N–H and O–H groups in total. The number of imidazole rings is 1. The molecule has 3 aromatic rings. The molecule has 0 radical (unpaired) electrons. The Balaban J connectivity index is 1.65. The molecule has 0 aliphatic heterocycles. The first-order valence-electron chi connectivity index (χ1n) is 8.28. The zero-order valence-electron chi connectivity index (χ0n) is 14.8. The predicted molar refractivity (Wildman–Crippen MR) is 104 cm³/mol. The number of carbonyl (C=O) groups is 1. The van der Waals surface area contributed by atoms with E-state index in [4.69, 9.17) is 0 Å². The highest BCUT2D eigenvalue weighted by Gasteiger charge is 2.17. The van der Waals surface area contributed by atoms with E-state index in [-0.39, 0.29) is 17.0 Å². The fourth-order valence-electron chi connectivity index (χ4n) is 2.55. The molecule has 4 nitrogen and oxygen atoms in total. The molecular formula is C20H20FN3OS. The summed E-state index contributed by atoms with van der Waals surface area (Å²) >= 11 is 1.35. The van der Waals surface area contributed by atoms with Gasteiger partial charge in [-0.25, -0.2) is 9.37 Å². The number of hydrogen-bond acceptors (Lipinski definition) is 3. The third-order valence-corrected chi connectivity index (χ3v) is 5.00. The fraction of sp³-hybridized carbons (Fsp3) is 0.200. The standard InChI is InChI=1S/C20H20FN3OS/c1-12-4-9-17(13(2)10-12)23-19(25)14(3)26-20-22-11-18(24-20)15-5-7-16(21)8-6-15/h4-11,14H,1-3H3,(H,22,24)(H,23,25). The predicted octanol–water partition coefficient (Wildman–Crippen LogP) is 4.95. The second-order valence-electron chi connectivity index (χ2n) is 6.18. The topological polar surface area (TPSA) is 57.8 Å². The van der Waals surface area contributed by atoms with Crippen LogP contribution in [-0.4, -0.2) is 21.1 Å². The van der Waals surface area contributed by atoms with E-state index in [1.54, 1.807) is 18.3 Å². The van der Waals surface area contributed by atoms with Crippen LogP contribution < -0.4 is 5.32 Å². The monoisotopic (exact) mass is 369 g/mol. The van der Waals surface area contributed by atoms with Crippen molar-refractivity contribution in [2.45, 2.75) is 31.2 Å². The van der Waals surface area contributed by atoms with Crippen molar-refractivity contribution in [3.8, 4) is 11.3 Å². The van der Waals surface area contributed by atoms with Crippen LogP contribution in [-0.2, 0) is 4.79 Å². The Kier molecular flexibility index (Phi) is 5.42. The van der Waals surface area contributed by atoms with Crippen molar-refractivity contribution in [3.63, 3.8) is 0 Å². The van der Waals surface area contributed by atoms with E-state index in [0.717, 1.165) is 28.1 Å². The van der Waals surface area contributed by atoms with Crippen molar-refractivity contribution in [3.05, 3.63) is 65.6 Å². The average molecular weight is 369 g/mol. The smallest absolute Gasteiger partial charge is 0.237 e. The van der Waals surface area contributed by atoms with Gasteiger partial charge in [-0.1, -0.05) is 29.5 Å². The number of nitrogens with zero attached hydrogens (tertiary/aromatic N) is 1. The maximum Gasteiger partial charge on any atom is 0.237 e. The van der Waals surface area contributed by atoms with Gasteiger partial charge in [0.15, 0.2) is 5.16 Å². The van der Waals surface area contributed by atoms with Crippen LogP contribution in [0.5, 0.6) is 0 Å². The number of carbonyl (C=O) groups excluding carboxylic acids is 1. The van der Waals surface area contributed by atoms with Crippen LogP contribution in [0.15, 0.2) is 53.8 Å². The van der Waals surface area contributed by atoms with Crippen molar-refractivity contribution < 1.29 is 9.18 Å².